The van der Waals surface area contributed by atoms with Crippen molar-refractivity contribution in [2.45, 2.75) is 174 Å². The van der Waals surface area contributed by atoms with Crippen LogP contribution in [0.1, 0.15) is 174 Å². The van der Waals surface area contributed by atoms with Crippen molar-refractivity contribution in [3.63, 3.8) is 0 Å². The third-order valence-electron chi connectivity index (χ3n) is 6.78. The first-order chi connectivity index (χ1) is 16.2. The number of unbranched alkanes of at least 4 members (excludes halogenated alkanes) is 23. The number of aliphatic hydroxyl groups excluding tert-OH is 1. The lowest BCUT2D eigenvalue weighted by Gasteiger charge is -2.04. The van der Waals surface area contributed by atoms with Crippen molar-refractivity contribution in [2.24, 2.45) is 0 Å². The first-order valence-corrected chi connectivity index (χ1v) is 14.8. The molecule has 0 spiro atoms. The summed E-state index contributed by atoms with van der Waals surface area (Å²) in [5.41, 5.74) is 0. The molecule has 0 saturated carbocycles. The van der Waals surface area contributed by atoms with Crippen LogP contribution in [0.25, 0.3) is 0 Å². The summed E-state index contributed by atoms with van der Waals surface area (Å²) in [6, 6.07) is 0. The lowest BCUT2D eigenvalue weighted by Crippen LogP contribution is -1.95. The molecular weight excluding hydrogens is 408 g/mol. The Kier molecular flexibility index (Phi) is 26.4. The number of aliphatic carboxylic acids is 1. The number of carboxylic acid groups (broad SMARTS) is 1. The highest BCUT2D eigenvalue weighted by molar-refractivity contribution is 5.66. The van der Waals surface area contributed by atoms with Gasteiger partial charge < -0.3 is 10.2 Å². The Morgan fingerprint density at radius 1 is 0.485 bits per heavy atom. The van der Waals surface area contributed by atoms with Gasteiger partial charge in [0, 0.05) is 6.42 Å². The molecule has 0 aromatic heterocycles. The summed E-state index contributed by atoms with van der Waals surface area (Å²) in [6.45, 7) is 2.29. The van der Waals surface area contributed by atoms with E-state index in [1.54, 1.807) is 6.08 Å². The number of allylic oxidation sites excluding steroid dienone is 2. The Balaban J connectivity index is 3.12. The van der Waals surface area contributed by atoms with Crippen LogP contribution < -0.4 is 0 Å². The van der Waals surface area contributed by atoms with Gasteiger partial charge in [0.15, 0.2) is 0 Å². The van der Waals surface area contributed by atoms with Gasteiger partial charge in [-0.15, -0.1) is 0 Å². The molecule has 3 heteroatoms. The predicted molar refractivity (Wildman–Crippen MR) is 144 cm³/mol. The van der Waals surface area contributed by atoms with Gasteiger partial charge in [-0.05, 0) is 18.9 Å². The van der Waals surface area contributed by atoms with Crippen LogP contribution in [-0.2, 0) is 4.79 Å². The highest BCUT2D eigenvalue weighted by Crippen LogP contribution is 2.16. The first kappa shape index (κ1) is 32.0. The molecule has 0 aliphatic carbocycles. The van der Waals surface area contributed by atoms with Gasteiger partial charge in [-0.25, -0.2) is 0 Å². The summed E-state index contributed by atoms with van der Waals surface area (Å²) in [4.78, 5) is 10.4. The van der Waals surface area contributed by atoms with E-state index < -0.39 is 5.97 Å². The Labute approximate surface area is 206 Å². The summed E-state index contributed by atoms with van der Waals surface area (Å²) >= 11 is 0. The van der Waals surface area contributed by atoms with Gasteiger partial charge in [-0.2, -0.15) is 0 Å². The molecule has 0 atom stereocenters. The lowest BCUT2D eigenvalue weighted by molar-refractivity contribution is -0.137. The zero-order chi connectivity index (χ0) is 24.2. The second-order valence-electron chi connectivity index (χ2n) is 10.2. The fourth-order valence-electron chi connectivity index (χ4n) is 4.54. The van der Waals surface area contributed by atoms with Crippen molar-refractivity contribution < 1.29 is 15.0 Å². The quantitative estimate of drug-likeness (QED) is 0.0934. The van der Waals surface area contributed by atoms with Crippen LogP contribution in [0.15, 0.2) is 11.8 Å². The molecule has 0 aromatic rings. The summed E-state index contributed by atoms with van der Waals surface area (Å²) < 4.78 is 0. The molecule has 0 radical (unpaired) electrons. The third-order valence-corrected chi connectivity index (χ3v) is 6.78. The van der Waals surface area contributed by atoms with Crippen molar-refractivity contribution >= 4 is 5.97 Å². The molecule has 2 N–H and O–H groups in total. The fraction of sp³-hybridized carbons (Fsp3) is 0.900. The third kappa shape index (κ3) is 29.0. The molecule has 0 saturated heterocycles. The van der Waals surface area contributed by atoms with Crippen LogP contribution >= 0.6 is 0 Å². The van der Waals surface area contributed by atoms with Crippen LogP contribution in [0.2, 0.25) is 0 Å². The normalized spacial score (nSPS) is 11.8. The van der Waals surface area contributed by atoms with Crippen molar-refractivity contribution in [3.8, 4) is 0 Å². The largest absolute Gasteiger partial charge is 0.513 e. The number of carbonyl (C=O) groups is 1. The van der Waals surface area contributed by atoms with Gasteiger partial charge in [0.05, 0.1) is 12.2 Å². The second-order valence-corrected chi connectivity index (χ2v) is 10.2. The molecule has 0 rings (SSSR count). The lowest BCUT2D eigenvalue weighted by atomic mass is 10.0. The Morgan fingerprint density at radius 2 is 0.788 bits per heavy atom. The van der Waals surface area contributed by atoms with E-state index in [0.717, 1.165) is 12.8 Å². The molecule has 0 heterocycles. The van der Waals surface area contributed by atoms with Crippen molar-refractivity contribution in [1.29, 1.82) is 0 Å². The maximum absolute atomic E-state index is 10.4. The smallest absolute Gasteiger partial charge is 0.303 e. The van der Waals surface area contributed by atoms with Crippen LogP contribution in [0.5, 0.6) is 0 Å². The molecule has 0 aromatic carbocycles. The molecule has 0 bridgehead atoms. The topological polar surface area (TPSA) is 57.5 Å². The standard InChI is InChI=1S/C30H58O3/c1-2-3-4-5-6-7-8-9-10-11-12-13-14-15-16-17-18-19-20-21-22-23-24-25-26-29(31)27-28-30(32)33/h26,31H,2-25,27-28H2,1H3,(H,32,33). The average Bonchev–Trinajstić information content (AvgIpc) is 2.80. The first-order valence-electron chi connectivity index (χ1n) is 14.8. The van der Waals surface area contributed by atoms with Gasteiger partial charge in [0.1, 0.15) is 0 Å². The molecule has 0 fully saturated rings. The zero-order valence-electron chi connectivity index (χ0n) is 22.3. The number of aliphatic hydroxyl groups is 1. The number of carboxylic acids is 1. The van der Waals surface area contributed by atoms with Gasteiger partial charge in [-0.3, -0.25) is 4.79 Å². The Morgan fingerprint density at radius 3 is 1.09 bits per heavy atom. The number of hydrogen-bond acceptors (Lipinski definition) is 2. The summed E-state index contributed by atoms with van der Waals surface area (Å²) in [5, 5.41) is 18.2. The molecule has 0 aliphatic rings. The van der Waals surface area contributed by atoms with E-state index in [0.29, 0.717) is 0 Å². The SMILES string of the molecule is CCCCCCCCCCCCCCCCCCCCCCCCCC=C(O)CCC(=O)O. The molecule has 0 amide bonds. The van der Waals surface area contributed by atoms with Crippen LogP contribution in [0.4, 0.5) is 0 Å². The van der Waals surface area contributed by atoms with Crippen LogP contribution in [0.3, 0.4) is 0 Å². The molecular formula is C30H58O3. The van der Waals surface area contributed by atoms with Gasteiger partial charge >= 0.3 is 5.97 Å². The minimum Gasteiger partial charge on any atom is -0.513 e. The fourth-order valence-corrected chi connectivity index (χ4v) is 4.54. The van der Waals surface area contributed by atoms with E-state index in [4.69, 9.17) is 5.11 Å². The molecule has 0 unspecified atom stereocenters. The van der Waals surface area contributed by atoms with E-state index in [1.165, 1.54) is 141 Å². The maximum atomic E-state index is 10.4. The van der Waals surface area contributed by atoms with Crippen molar-refractivity contribution in [3.05, 3.63) is 11.8 Å². The van der Waals surface area contributed by atoms with E-state index in [9.17, 15) is 9.90 Å². The Hall–Kier alpha value is -0.990. The minimum absolute atomic E-state index is 0.0156. The summed E-state index contributed by atoms with van der Waals surface area (Å²) in [6.07, 6.45) is 35.1. The van der Waals surface area contributed by atoms with E-state index in [1.807, 2.05) is 0 Å². The van der Waals surface area contributed by atoms with Crippen LogP contribution in [-0.4, -0.2) is 16.2 Å². The monoisotopic (exact) mass is 466 g/mol. The summed E-state index contributed by atoms with van der Waals surface area (Å²) in [5.74, 6) is -0.620. The average molecular weight is 467 g/mol. The highest BCUT2D eigenvalue weighted by Gasteiger charge is 2.00. The molecule has 3 nitrogen and oxygen atoms in total. The van der Waals surface area contributed by atoms with Crippen molar-refractivity contribution in [1.82, 2.24) is 0 Å². The molecule has 196 valence electrons. The summed E-state index contributed by atoms with van der Waals surface area (Å²) in [7, 11) is 0. The van der Waals surface area contributed by atoms with Gasteiger partial charge in [0.25, 0.3) is 0 Å². The van der Waals surface area contributed by atoms with E-state index in [-0.39, 0.29) is 18.6 Å². The number of hydrogen-bond donors (Lipinski definition) is 2. The van der Waals surface area contributed by atoms with E-state index in [2.05, 4.69) is 6.92 Å². The minimum atomic E-state index is -0.852. The van der Waals surface area contributed by atoms with E-state index >= 15 is 0 Å². The predicted octanol–water partition coefficient (Wildman–Crippen LogP) is 10.7. The molecule has 0 aliphatic heterocycles. The van der Waals surface area contributed by atoms with Gasteiger partial charge in [0.2, 0.25) is 0 Å². The van der Waals surface area contributed by atoms with Gasteiger partial charge in [-0.1, -0.05) is 148 Å². The number of rotatable bonds is 27. The van der Waals surface area contributed by atoms with Crippen LogP contribution in [0, 0.1) is 0 Å². The zero-order valence-corrected chi connectivity index (χ0v) is 22.3. The maximum Gasteiger partial charge on any atom is 0.303 e. The second kappa shape index (κ2) is 27.3. The molecule has 33 heavy (non-hydrogen) atoms. The van der Waals surface area contributed by atoms with Crippen molar-refractivity contribution in [2.75, 3.05) is 0 Å². The highest BCUT2D eigenvalue weighted by atomic mass is 16.4. The Bertz CT molecular complexity index is 430.